The highest BCUT2D eigenvalue weighted by molar-refractivity contribution is 5.68. The van der Waals surface area contributed by atoms with Crippen LogP contribution in [0.2, 0.25) is 0 Å². The lowest BCUT2D eigenvalue weighted by atomic mass is 9.71. The minimum Gasteiger partial charge on any atom is -0.491 e. The maximum atomic E-state index is 11.5. The highest BCUT2D eigenvalue weighted by Crippen LogP contribution is 2.43. The molecule has 2 aromatic rings. The average Bonchev–Trinajstić information content (AvgIpc) is 2.79. The lowest BCUT2D eigenvalue weighted by molar-refractivity contribution is 0.0861. The van der Waals surface area contributed by atoms with Gasteiger partial charge < -0.3 is 24.8 Å². The standard InChI is InChI=1S/C26H34N2O4/c1-26(2,27-25(29)30)24-9-6-20(18-4-7-21(8-5-18)32-15-14-31-3)16-22(24)23-17-28-12-10-19(23)11-13-28/h4-9,16,19,23,27H,10-15,17H2,1-3H3,(H,29,30). The molecule has 0 aromatic heterocycles. The first-order valence-corrected chi connectivity index (χ1v) is 11.5. The van der Waals surface area contributed by atoms with Crippen molar-refractivity contribution in [1.29, 1.82) is 0 Å². The Morgan fingerprint density at radius 3 is 2.38 bits per heavy atom. The van der Waals surface area contributed by atoms with Crippen LogP contribution < -0.4 is 10.1 Å². The van der Waals surface area contributed by atoms with Gasteiger partial charge in [-0.3, -0.25) is 0 Å². The molecule has 5 rings (SSSR count). The molecule has 6 heteroatoms. The molecule has 0 aliphatic carbocycles. The number of methoxy groups -OCH3 is 1. The second kappa shape index (κ2) is 9.51. The van der Waals surface area contributed by atoms with Gasteiger partial charge in [0.2, 0.25) is 0 Å². The summed E-state index contributed by atoms with van der Waals surface area (Å²) in [5.74, 6) is 1.91. The topological polar surface area (TPSA) is 71.0 Å². The molecule has 3 heterocycles. The van der Waals surface area contributed by atoms with Crippen LogP contribution in [-0.2, 0) is 10.3 Å². The minimum absolute atomic E-state index is 0.430. The van der Waals surface area contributed by atoms with E-state index in [1.54, 1.807) is 7.11 Å². The van der Waals surface area contributed by atoms with Gasteiger partial charge in [0, 0.05) is 13.7 Å². The van der Waals surface area contributed by atoms with Gasteiger partial charge in [0.25, 0.3) is 0 Å². The average molecular weight is 439 g/mol. The highest BCUT2D eigenvalue weighted by Gasteiger charge is 2.38. The second-order valence-corrected chi connectivity index (χ2v) is 9.47. The SMILES string of the molecule is COCCOc1ccc(-c2ccc(C(C)(C)NC(=O)O)c(C3CN4CCC3CC4)c2)cc1. The normalized spacial score (nSPS) is 22.5. The number of hydrogen-bond acceptors (Lipinski definition) is 4. The number of ether oxygens (including phenoxy) is 2. The van der Waals surface area contributed by atoms with E-state index in [1.165, 1.54) is 31.5 Å². The number of carbonyl (C=O) groups is 1. The van der Waals surface area contributed by atoms with Gasteiger partial charge in [-0.1, -0.05) is 30.3 Å². The smallest absolute Gasteiger partial charge is 0.405 e. The van der Waals surface area contributed by atoms with E-state index in [0.29, 0.717) is 25.0 Å². The maximum Gasteiger partial charge on any atom is 0.405 e. The Bertz CT molecular complexity index is 933. The molecule has 32 heavy (non-hydrogen) atoms. The third kappa shape index (κ3) is 4.92. The number of benzene rings is 2. The number of fused-ring (bicyclic) bond motifs is 3. The number of piperidine rings is 3. The lowest BCUT2D eigenvalue weighted by Crippen LogP contribution is -2.47. The number of rotatable bonds is 8. The summed E-state index contributed by atoms with van der Waals surface area (Å²) in [6.07, 6.45) is 1.44. The van der Waals surface area contributed by atoms with E-state index >= 15 is 0 Å². The molecule has 2 bridgehead atoms. The first-order valence-electron chi connectivity index (χ1n) is 11.5. The Kier molecular flexibility index (Phi) is 6.72. The molecular weight excluding hydrogens is 404 g/mol. The first kappa shape index (κ1) is 22.6. The summed E-state index contributed by atoms with van der Waals surface area (Å²) < 4.78 is 10.7. The lowest BCUT2D eigenvalue weighted by Gasteiger charge is -2.46. The summed E-state index contributed by atoms with van der Waals surface area (Å²) in [4.78, 5) is 14.0. The fraction of sp³-hybridized carbons (Fsp3) is 0.500. The van der Waals surface area contributed by atoms with Crippen LogP contribution in [0.3, 0.4) is 0 Å². The van der Waals surface area contributed by atoms with Gasteiger partial charge in [0.05, 0.1) is 12.1 Å². The van der Waals surface area contributed by atoms with Crippen molar-refractivity contribution in [2.75, 3.05) is 40.0 Å². The molecule has 0 saturated carbocycles. The number of carboxylic acid groups (broad SMARTS) is 1. The summed E-state index contributed by atoms with van der Waals surface area (Å²) in [7, 11) is 1.66. The molecular formula is C26H34N2O4. The summed E-state index contributed by atoms with van der Waals surface area (Å²) >= 11 is 0. The highest BCUT2D eigenvalue weighted by atomic mass is 16.5. The Labute approximate surface area is 190 Å². The molecule has 2 N–H and O–H groups in total. The Morgan fingerprint density at radius 1 is 1.09 bits per heavy atom. The fourth-order valence-electron chi connectivity index (χ4n) is 5.26. The largest absolute Gasteiger partial charge is 0.491 e. The molecule has 6 nitrogen and oxygen atoms in total. The van der Waals surface area contributed by atoms with Crippen molar-refractivity contribution in [2.24, 2.45) is 5.92 Å². The molecule has 172 valence electrons. The van der Waals surface area contributed by atoms with Gasteiger partial charge in [-0.15, -0.1) is 0 Å². The predicted octanol–water partition coefficient (Wildman–Crippen LogP) is 4.69. The molecule has 0 radical (unpaired) electrons. The van der Waals surface area contributed by atoms with Crippen LogP contribution in [0.1, 0.15) is 43.7 Å². The number of amides is 1. The zero-order valence-corrected chi connectivity index (χ0v) is 19.3. The molecule has 3 fully saturated rings. The Morgan fingerprint density at radius 2 is 1.78 bits per heavy atom. The van der Waals surface area contributed by atoms with Crippen LogP contribution in [0.25, 0.3) is 11.1 Å². The fourth-order valence-corrected chi connectivity index (χ4v) is 5.26. The molecule has 1 amide bonds. The van der Waals surface area contributed by atoms with Crippen molar-refractivity contribution in [3.63, 3.8) is 0 Å². The van der Waals surface area contributed by atoms with Crippen LogP contribution in [0.15, 0.2) is 42.5 Å². The van der Waals surface area contributed by atoms with Crippen LogP contribution in [0, 0.1) is 5.92 Å². The monoisotopic (exact) mass is 438 g/mol. The van der Waals surface area contributed by atoms with E-state index in [4.69, 9.17) is 9.47 Å². The molecule has 3 aliphatic heterocycles. The molecule has 2 aromatic carbocycles. The quantitative estimate of drug-likeness (QED) is 0.585. The van der Waals surface area contributed by atoms with Gasteiger partial charge in [0.15, 0.2) is 0 Å². The van der Waals surface area contributed by atoms with Crippen molar-refractivity contribution < 1.29 is 19.4 Å². The molecule has 1 unspecified atom stereocenters. The number of nitrogens with zero attached hydrogens (tertiary/aromatic N) is 1. The summed E-state index contributed by atoms with van der Waals surface area (Å²) in [5.41, 5.74) is 3.96. The van der Waals surface area contributed by atoms with Gasteiger partial charge in [-0.05, 0) is 86.0 Å². The van der Waals surface area contributed by atoms with Crippen molar-refractivity contribution >= 4 is 6.09 Å². The molecule has 3 saturated heterocycles. The van der Waals surface area contributed by atoms with E-state index in [9.17, 15) is 9.90 Å². The molecule has 0 spiro atoms. The summed E-state index contributed by atoms with van der Waals surface area (Å²) in [5, 5.41) is 12.1. The van der Waals surface area contributed by atoms with Gasteiger partial charge in [-0.25, -0.2) is 4.79 Å². The Balaban J connectivity index is 1.67. The van der Waals surface area contributed by atoms with Crippen LogP contribution in [-0.4, -0.2) is 56.1 Å². The van der Waals surface area contributed by atoms with E-state index in [1.807, 2.05) is 26.0 Å². The number of hydrogen-bond donors (Lipinski definition) is 2. The van der Waals surface area contributed by atoms with Crippen molar-refractivity contribution in [3.05, 3.63) is 53.6 Å². The zero-order valence-electron chi connectivity index (χ0n) is 19.3. The van der Waals surface area contributed by atoms with Gasteiger partial charge in [-0.2, -0.15) is 0 Å². The van der Waals surface area contributed by atoms with Gasteiger partial charge >= 0.3 is 6.09 Å². The van der Waals surface area contributed by atoms with E-state index < -0.39 is 11.6 Å². The minimum atomic E-state index is -0.997. The number of nitrogens with one attached hydrogen (secondary N) is 1. The van der Waals surface area contributed by atoms with Crippen molar-refractivity contribution in [2.45, 2.75) is 38.1 Å². The Hall–Kier alpha value is -2.57. The van der Waals surface area contributed by atoms with E-state index in [0.717, 1.165) is 29.0 Å². The van der Waals surface area contributed by atoms with Crippen LogP contribution >= 0.6 is 0 Å². The van der Waals surface area contributed by atoms with Crippen LogP contribution in [0.4, 0.5) is 4.79 Å². The van der Waals surface area contributed by atoms with Crippen molar-refractivity contribution in [3.8, 4) is 16.9 Å². The predicted molar refractivity (Wildman–Crippen MR) is 125 cm³/mol. The maximum absolute atomic E-state index is 11.5. The summed E-state index contributed by atoms with van der Waals surface area (Å²) in [6.45, 7) is 8.40. The third-order valence-electron chi connectivity index (χ3n) is 6.94. The molecule has 3 aliphatic rings. The van der Waals surface area contributed by atoms with Crippen molar-refractivity contribution in [1.82, 2.24) is 10.2 Å². The van der Waals surface area contributed by atoms with Crippen LogP contribution in [0.5, 0.6) is 5.75 Å². The zero-order chi connectivity index (χ0) is 22.7. The van der Waals surface area contributed by atoms with Gasteiger partial charge in [0.1, 0.15) is 12.4 Å². The first-order chi connectivity index (χ1) is 15.4. The van der Waals surface area contributed by atoms with E-state index in [-0.39, 0.29) is 0 Å². The second-order valence-electron chi connectivity index (χ2n) is 9.47. The summed E-state index contributed by atoms with van der Waals surface area (Å²) in [6, 6.07) is 14.6. The third-order valence-corrected chi connectivity index (χ3v) is 6.94. The van der Waals surface area contributed by atoms with E-state index in [2.05, 4.69) is 40.5 Å². The molecule has 1 atom stereocenters.